The normalized spacial score (nSPS) is 12.2. The van der Waals surface area contributed by atoms with Gasteiger partial charge < -0.3 is 14.0 Å². The summed E-state index contributed by atoms with van der Waals surface area (Å²) in [5.41, 5.74) is 0. The number of hydrogen-bond donors (Lipinski definition) is 0. The highest BCUT2D eigenvalue weighted by Gasteiger charge is 2.40. The fraction of sp³-hybridized carbons (Fsp3) is 0. The molecule has 0 saturated carbocycles. The van der Waals surface area contributed by atoms with Crippen LogP contribution >= 0.6 is 0 Å². The largest absolute Gasteiger partial charge is 0.864 e. The van der Waals surface area contributed by atoms with E-state index in [1.54, 1.807) is 30.3 Å². The summed E-state index contributed by atoms with van der Waals surface area (Å²) in [5, 5.41) is -9.93. The highest BCUT2D eigenvalue weighted by molar-refractivity contribution is 6.41. The minimum Gasteiger partial charge on any atom is -0.489 e. The van der Waals surface area contributed by atoms with E-state index in [4.69, 9.17) is 14.0 Å². The fourth-order valence-electron chi connectivity index (χ4n) is 7.89. The van der Waals surface area contributed by atoms with Gasteiger partial charge in [0.1, 0.15) is 17.3 Å². The molecule has 18 heteroatoms. The molecular weight excluding hydrogens is 829 g/mol. The molecule has 0 aromatic heterocycles. The standard InChI is InChI=1S/C42H11BF14O3/c44-17-8-9-20(16-11-18(45)30(47)31(48)23(16)17)58-43(59-41-15-7-6-13-3-1-2-12-4-5-14(10-19(41)46)22(15)21(12)13)60-42-29-25-24-26(32(49)33(50)28(25)37(54)40(42)57)35(52)39(56)36(53)27(24)34(51)38(29)55/h1-11H. The van der Waals surface area contributed by atoms with Crippen molar-refractivity contribution in [2.75, 3.05) is 0 Å². The molecule has 3 nitrogen and oxygen atoms in total. The van der Waals surface area contributed by atoms with Crippen LogP contribution in [0.1, 0.15) is 0 Å². The van der Waals surface area contributed by atoms with E-state index in [1.165, 1.54) is 12.1 Å². The van der Waals surface area contributed by atoms with E-state index in [2.05, 4.69) is 0 Å². The van der Waals surface area contributed by atoms with Gasteiger partial charge in [-0.25, -0.2) is 57.1 Å². The number of halogens is 14. The van der Waals surface area contributed by atoms with Gasteiger partial charge in [0.25, 0.3) is 0 Å². The SMILES string of the molecule is Fc1cc2c(OB(Oc3c(F)cc4ccc5cccc6ccc3c4c56)Oc3c(F)c(F)c4c(F)c(F)c5c(F)c(F)c(F)c6c(F)c(F)c3c4c56)ccc(F)c2c(F)c1F. The van der Waals surface area contributed by atoms with Crippen LogP contribution in [0.5, 0.6) is 17.2 Å². The zero-order valence-corrected chi connectivity index (χ0v) is 28.9. The Bertz CT molecular complexity index is 3500. The third-order valence-corrected chi connectivity index (χ3v) is 10.4. The summed E-state index contributed by atoms with van der Waals surface area (Å²) in [5.74, 6) is -34.6. The zero-order chi connectivity index (χ0) is 42.4. The third kappa shape index (κ3) is 4.86. The molecule has 0 atom stereocenters. The minimum atomic E-state index is -2.90. The van der Waals surface area contributed by atoms with Crippen LogP contribution in [-0.4, -0.2) is 7.32 Å². The van der Waals surface area contributed by atoms with Crippen molar-refractivity contribution in [1.82, 2.24) is 0 Å². The van der Waals surface area contributed by atoms with Crippen LogP contribution in [-0.2, 0) is 0 Å². The predicted octanol–water partition coefficient (Wildman–Crippen LogP) is 13.1. The maximum absolute atomic E-state index is 16.2. The Morgan fingerprint density at radius 1 is 0.300 bits per heavy atom. The molecule has 10 rings (SSSR count). The second-order valence-corrected chi connectivity index (χ2v) is 13.5. The van der Waals surface area contributed by atoms with Crippen LogP contribution in [0.4, 0.5) is 61.5 Å². The van der Waals surface area contributed by atoms with Gasteiger partial charge >= 0.3 is 7.32 Å². The summed E-state index contributed by atoms with van der Waals surface area (Å²) >= 11 is 0. The Hall–Kier alpha value is -6.98. The number of rotatable bonds is 6. The number of fused-ring (bicyclic) bond motifs is 1. The molecule has 0 bridgehead atoms. The molecular formula is C42H11BF14O3. The maximum Gasteiger partial charge on any atom is 0.864 e. The van der Waals surface area contributed by atoms with Crippen molar-refractivity contribution in [2.45, 2.75) is 0 Å². The van der Waals surface area contributed by atoms with E-state index in [1.807, 2.05) is 0 Å². The average molecular weight is 840 g/mol. The van der Waals surface area contributed by atoms with Crippen molar-refractivity contribution in [3.63, 3.8) is 0 Å². The van der Waals surface area contributed by atoms with E-state index in [9.17, 15) is 22.0 Å². The summed E-state index contributed by atoms with van der Waals surface area (Å²) in [6.45, 7) is 0. The lowest BCUT2D eigenvalue weighted by molar-refractivity contribution is 0.296. The van der Waals surface area contributed by atoms with Gasteiger partial charge in [-0.15, -0.1) is 0 Å². The van der Waals surface area contributed by atoms with E-state index >= 15 is 39.5 Å². The van der Waals surface area contributed by atoms with Gasteiger partial charge in [0.2, 0.25) is 5.82 Å². The first-order valence-corrected chi connectivity index (χ1v) is 17.1. The van der Waals surface area contributed by atoms with E-state index in [0.717, 1.165) is 6.07 Å². The lowest BCUT2D eigenvalue weighted by Gasteiger charge is -2.23. The minimum absolute atomic E-state index is 0.0700. The molecule has 0 heterocycles. The van der Waals surface area contributed by atoms with Crippen LogP contribution in [0.3, 0.4) is 0 Å². The van der Waals surface area contributed by atoms with Crippen molar-refractivity contribution >= 4 is 82.7 Å². The van der Waals surface area contributed by atoms with Crippen LogP contribution < -0.4 is 14.0 Å². The molecule has 0 aliphatic rings. The van der Waals surface area contributed by atoms with Gasteiger partial charge in [0.15, 0.2) is 75.6 Å². The molecule has 10 aromatic carbocycles. The topological polar surface area (TPSA) is 27.7 Å². The van der Waals surface area contributed by atoms with E-state index in [-0.39, 0.29) is 11.5 Å². The lowest BCUT2D eigenvalue weighted by Crippen LogP contribution is -2.38. The van der Waals surface area contributed by atoms with Crippen molar-refractivity contribution < 1.29 is 75.4 Å². The van der Waals surface area contributed by atoms with Gasteiger partial charge in [-0.1, -0.05) is 36.4 Å². The third-order valence-electron chi connectivity index (χ3n) is 10.4. The first-order valence-electron chi connectivity index (χ1n) is 17.1. The molecule has 0 aliphatic carbocycles. The molecule has 0 saturated heterocycles. The molecule has 0 amide bonds. The van der Waals surface area contributed by atoms with Gasteiger partial charge in [0.05, 0.1) is 26.9 Å². The highest BCUT2D eigenvalue weighted by Crippen LogP contribution is 2.49. The summed E-state index contributed by atoms with van der Waals surface area (Å²) in [6.07, 6.45) is 0. The Balaban J connectivity index is 1.26. The van der Waals surface area contributed by atoms with Gasteiger partial charge in [0, 0.05) is 26.9 Å². The summed E-state index contributed by atoms with van der Waals surface area (Å²) < 4.78 is 231. The number of benzene rings is 10. The second-order valence-electron chi connectivity index (χ2n) is 13.5. The zero-order valence-electron chi connectivity index (χ0n) is 28.9. The summed E-state index contributed by atoms with van der Waals surface area (Å²) in [7, 11) is -2.90. The molecule has 298 valence electrons. The van der Waals surface area contributed by atoms with Crippen LogP contribution in [0.2, 0.25) is 0 Å². The first kappa shape index (κ1) is 37.3. The van der Waals surface area contributed by atoms with Crippen LogP contribution in [0.25, 0.3) is 75.4 Å². The summed E-state index contributed by atoms with van der Waals surface area (Å²) in [4.78, 5) is 0. The van der Waals surface area contributed by atoms with Gasteiger partial charge in [-0.2, -0.15) is 4.39 Å². The Kier molecular flexibility index (Phi) is 7.93. The monoisotopic (exact) mass is 840 g/mol. The average Bonchev–Trinajstić information content (AvgIpc) is 3.22. The van der Waals surface area contributed by atoms with E-state index < -0.39 is 149 Å². The summed E-state index contributed by atoms with van der Waals surface area (Å²) in [6, 6.07) is 13.6. The van der Waals surface area contributed by atoms with Gasteiger partial charge in [-0.3, -0.25) is 0 Å². The highest BCUT2D eigenvalue weighted by atomic mass is 19.2. The van der Waals surface area contributed by atoms with Crippen molar-refractivity contribution in [1.29, 1.82) is 0 Å². The molecule has 0 aliphatic heterocycles. The quantitative estimate of drug-likeness (QED) is 0.0722. The van der Waals surface area contributed by atoms with Crippen molar-refractivity contribution in [3.05, 3.63) is 148 Å². The molecule has 0 radical (unpaired) electrons. The van der Waals surface area contributed by atoms with E-state index in [0.29, 0.717) is 39.1 Å². The molecule has 0 fully saturated rings. The molecule has 60 heavy (non-hydrogen) atoms. The molecule has 0 spiro atoms. The maximum atomic E-state index is 16.2. The second kappa shape index (κ2) is 12.8. The van der Waals surface area contributed by atoms with Crippen molar-refractivity contribution in [3.8, 4) is 17.2 Å². The lowest BCUT2D eigenvalue weighted by atomic mass is 9.90. The smallest absolute Gasteiger partial charge is 0.489 e. The van der Waals surface area contributed by atoms with Gasteiger partial charge in [-0.05, 0) is 51.9 Å². The Labute approximate surface area is 323 Å². The number of hydrogen-bond acceptors (Lipinski definition) is 3. The van der Waals surface area contributed by atoms with Crippen LogP contribution in [0, 0.1) is 81.4 Å². The molecule has 0 N–H and O–H groups in total. The Morgan fingerprint density at radius 3 is 1.47 bits per heavy atom. The predicted molar refractivity (Wildman–Crippen MR) is 191 cm³/mol. The van der Waals surface area contributed by atoms with Crippen LogP contribution in [0.15, 0.2) is 66.7 Å². The first-order chi connectivity index (χ1) is 28.6. The molecule has 0 unspecified atom stereocenters. The fourth-order valence-corrected chi connectivity index (χ4v) is 7.89. The molecule has 10 aromatic rings. The Morgan fingerprint density at radius 2 is 0.817 bits per heavy atom. The van der Waals surface area contributed by atoms with Crippen molar-refractivity contribution in [2.24, 2.45) is 0 Å².